The van der Waals surface area contributed by atoms with Crippen LogP contribution in [-0.2, 0) is 17.7 Å². The van der Waals surface area contributed by atoms with Crippen molar-refractivity contribution < 1.29 is 13.5 Å². The second-order valence-electron chi connectivity index (χ2n) is 6.54. The molecule has 0 aliphatic carbocycles. The van der Waals surface area contributed by atoms with Crippen molar-refractivity contribution in [1.29, 1.82) is 0 Å². The first-order chi connectivity index (χ1) is 12.7. The monoisotopic (exact) mass is 359 g/mol. The van der Waals surface area contributed by atoms with E-state index < -0.39 is 0 Å². The van der Waals surface area contributed by atoms with Gasteiger partial charge in [0.15, 0.2) is 5.96 Å². The Morgan fingerprint density at radius 3 is 2.85 bits per heavy atom. The summed E-state index contributed by atoms with van der Waals surface area (Å²) in [4.78, 5) is 6.79. The Balaban J connectivity index is 1.59. The molecule has 1 aliphatic heterocycles. The van der Waals surface area contributed by atoms with Gasteiger partial charge >= 0.3 is 0 Å². The average molecular weight is 359 g/mol. The van der Waals surface area contributed by atoms with Crippen LogP contribution in [-0.4, -0.2) is 43.7 Å². The molecule has 140 valence electrons. The predicted molar refractivity (Wildman–Crippen MR) is 99.6 cm³/mol. The minimum atomic E-state index is -0.222. The van der Waals surface area contributed by atoms with E-state index in [9.17, 15) is 4.39 Å². The molecule has 0 amide bonds. The van der Waals surface area contributed by atoms with Crippen LogP contribution in [0.4, 0.5) is 4.39 Å². The number of guanidine groups is 1. The van der Waals surface area contributed by atoms with Gasteiger partial charge < -0.3 is 19.4 Å². The molecule has 1 atom stereocenters. The highest BCUT2D eigenvalue weighted by Crippen LogP contribution is 2.12. The van der Waals surface area contributed by atoms with E-state index in [2.05, 4.69) is 5.32 Å². The van der Waals surface area contributed by atoms with Gasteiger partial charge in [0.2, 0.25) is 0 Å². The summed E-state index contributed by atoms with van der Waals surface area (Å²) in [5.41, 5.74) is 1.03. The normalized spacial score (nSPS) is 17.5. The quantitative estimate of drug-likeness (QED) is 0.609. The van der Waals surface area contributed by atoms with E-state index in [-0.39, 0.29) is 11.9 Å². The summed E-state index contributed by atoms with van der Waals surface area (Å²) in [5.74, 6) is 1.54. The first kappa shape index (κ1) is 18.5. The number of ether oxygens (including phenoxy) is 1. The third-order valence-corrected chi connectivity index (χ3v) is 4.40. The standard InChI is InChI=1S/C20H26FN3O2/c1-24(15-16-6-8-17(21)9-7-16)20(23-14-19-5-3-13-26-19)22-11-10-18-4-2-12-25-18/h2,4,6-9,12,19H,3,5,10-11,13-15H2,1H3,(H,22,23). The summed E-state index contributed by atoms with van der Waals surface area (Å²) in [6, 6.07) is 10.4. The maximum absolute atomic E-state index is 13.1. The summed E-state index contributed by atoms with van der Waals surface area (Å²) in [7, 11) is 1.98. The Morgan fingerprint density at radius 2 is 2.15 bits per heavy atom. The van der Waals surface area contributed by atoms with Crippen molar-refractivity contribution in [2.24, 2.45) is 4.99 Å². The van der Waals surface area contributed by atoms with Gasteiger partial charge in [0, 0.05) is 33.2 Å². The fourth-order valence-electron chi connectivity index (χ4n) is 2.98. The van der Waals surface area contributed by atoms with Gasteiger partial charge in [-0.25, -0.2) is 4.39 Å². The number of hydrogen-bond donors (Lipinski definition) is 1. The molecule has 1 unspecified atom stereocenters. The zero-order chi connectivity index (χ0) is 18.2. The second kappa shape index (κ2) is 9.38. The van der Waals surface area contributed by atoms with E-state index >= 15 is 0 Å². The number of halogens is 1. The minimum Gasteiger partial charge on any atom is -0.469 e. The molecule has 1 aromatic carbocycles. The molecular weight excluding hydrogens is 333 g/mol. The summed E-state index contributed by atoms with van der Waals surface area (Å²) >= 11 is 0. The minimum absolute atomic E-state index is 0.205. The van der Waals surface area contributed by atoms with Gasteiger partial charge in [-0.05, 0) is 42.7 Å². The molecule has 1 aliphatic rings. The van der Waals surface area contributed by atoms with E-state index in [0.29, 0.717) is 13.1 Å². The van der Waals surface area contributed by atoms with Crippen molar-refractivity contribution >= 4 is 5.96 Å². The van der Waals surface area contributed by atoms with Crippen LogP contribution >= 0.6 is 0 Å². The predicted octanol–water partition coefficient (Wildman–Crippen LogP) is 3.22. The van der Waals surface area contributed by atoms with Crippen LogP contribution in [0.25, 0.3) is 0 Å². The first-order valence-corrected chi connectivity index (χ1v) is 9.08. The molecule has 0 saturated carbocycles. The highest BCUT2D eigenvalue weighted by atomic mass is 19.1. The molecule has 2 aromatic rings. The summed E-state index contributed by atoms with van der Waals surface area (Å²) < 4.78 is 24.1. The summed E-state index contributed by atoms with van der Waals surface area (Å²) in [5, 5.41) is 3.40. The Kier molecular flexibility index (Phi) is 6.66. The van der Waals surface area contributed by atoms with Gasteiger partial charge in [-0.1, -0.05) is 12.1 Å². The molecule has 1 saturated heterocycles. The van der Waals surface area contributed by atoms with Crippen LogP contribution in [0.2, 0.25) is 0 Å². The summed E-state index contributed by atoms with van der Waals surface area (Å²) in [6.45, 7) is 2.85. The molecule has 6 heteroatoms. The Bertz CT molecular complexity index is 680. The zero-order valence-corrected chi connectivity index (χ0v) is 15.2. The smallest absolute Gasteiger partial charge is 0.194 e. The topological polar surface area (TPSA) is 50.0 Å². The van der Waals surface area contributed by atoms with Gasteiger partial charge in [-0.15, -0.1) is 0 Å². The van der Waals surface area contributed by atoms with Gasteiger partial charge in [-0.2, -0.15) is 0 Å². The molecule has 1 aromatic heterocycles. The van der Waals surface area contributed by atoms with Crippen LogP contribution in [0.3, 0.4) is 0 Å². The van der Waals surface area contributed by atoms with Crippen LogP contribution in [0.5, 0.6) is 0 Å². The number of hydrogen-bond acceptors (Lipinski definition) is 3. The van der Waals surface area contributed by atoms with Crippen molar-refractivity contribution in [3.63, 3.8) is 0 Å². The zero-order valence-electron chi connectivity index (χ0n) is 15.2. The molecule has 0 radical (unpaired) electrons. The lowest BCUT2D eigenvalue weighted by molar-refractivity contribution is 0.117. The van der Waals surface area contributed by atoms with E-state index in [1.165, 1.54) is 12.1 Å². The molecule has 0 bridgehead atoms. The van der Waals surface area contributed by atoms with Gasteiger partial charge in [-0.3, -0.25) is 4.99 Å². The van der Waals surface area contributed by atoms with E-state index in [1.807, 2.05) is 24.1 Å². The number of nitrogens with one attached hydrogen (secondary N) is 1. The van der Waals surface area contributed by atoms with Crippen molar-refractivity contribution in [3.05, 3.63) is 59.8 Å². The fourth-order valence-corrected chi connectivity index (χ4v) is 2.98. The van der Waals surface area contributed by atoms with Crippen LogP contribution < -0.4 is 5.32 Å². The fraction of sp³-hybridized carbons (Fsp3) is 0.450. The van der Waals surface area contributed by atoms with Crippen molar-refractivity contribution in [1.82, 2.24) is 10.2 Å². The summed E-state index contributed by atoms with van der Waals surface area (Å²) in [6.07, 6.45) is 4.84. The maximum Gasteiger partial charge on any atom is 0.194 e. The van der Waals surface area contributed by atoms with E-state index in [0.717, 1.165) is 49.7 Å². The lowest BCUT2D eigenvalue weighted by Crippen LogP contribution is -2.40. The SMILES string of the molecule is CN(Cc1ccc(F)cc1)C(=NCC1CCCO1)NCCc1ccco1. The molecule has 1 N–H and O–H groups in total. The number of aliphatic imine (C=N–C) groups is 1. The largest absolute Gasteiger partial charge is 0.469 e. The Labute approximate surface area is 153 Å². The lowest BCUT2D eigenvalue weighted by atomic mass is 10.2. The van der Waals surface area contributed by atoms with Crippen LogP contribution in [0.15, 0.2) is 52.1 Å². The molecular formula is C20H26FN3O2. The number of rotatable bonds is 7. The third kappa shape index (κ3) is 5.59. The molecule has 2 heterocycles. The van der Waals surface area contributed by atoms with Crippen molar-refractivity contribution in [2.45, 2.75) is 31.9 Å². The average Bonchev–Trinajstić information content (AvgIpc) is 3.33. The second-order valence-corrected chi connectivity index (χ2v) is 6.54. The number of nitrogens with zero attached hydrogens (tertiary/aromatic N) is 2. The highest BCUT2D eigenvalue weighted by molar-refractivity contribution is 5.79. The Morgan fingerprint density at radius 1 is 1.31 bits per heavy atom. The Hall–Kier alpha value is -2.34. The third-order valence-electron chi connectivity index (χ3n) is 4.40. The number of benzene rings is 1. The van der Waals surface area contributed by atoms with E-state index in [1.54, 1.807) is 18.4 Å². The highest BCUT2D eigenvalue weighted by Gasteiger charge is 2.16. The van der Waals surface area contributed by atoms with Crippen LogP contribution in [0.1, 0.15) is 24.2 Å². The molecule has 5 nitrogen and oxygen atoms in total. The van der Waals surface area contributed by atoms with Gasteiger partial charge in [0.1, 0.15) is 11.6 Å². The van der Waals surface area contributed by atoms with Crippen molar-refractivity contribution in [3.8, 4) is 0 Å². The molecule has 3 rings (SSSR count). The van der Waals surface area contributed by atoms with Crippen molar-refractivity contribution in [2.75, 3.05) is 26.7 Å². The first-order valence-electron chi connectivity index (χ1n) is 9.08. The van der Waals surface area contributed by atoms with Crippen LogP contribution in [0, 0.1) is 5.82 Å². The number of furan rings is 1. The van der Waals surface area contributed by atoms with E-state index in [4.69, 9.17) is 14.1 Å². The molecule has 0 spiro atoms. The molecule has 1 fully saturated rings. The molecule has 26 heavy (non-hydrogen) atoms. The van der Waals surface area contributed by atoms with Gasteiger partial charge in [0.05, 0.1) is 18.9 Å². The lowest BCUT2D eigenvalue weighted by Gasteiger charge is -2.23. The maximum atomic E-state index is 13.1. The van der Waals surface area contributed by atoms with Gasteiger partial charge in [0.25, 0.3) is 0 Å².